The molecule has 12 rings (SSSR count). The van der Waals surface area contributed by atoms with Crippen LogP contribution in [0.4, 0.5) is 19.2 Å². The summed E-state index contributed by atoms with van der Waals surface area (Å²) in [5.74, 6) is -1.14. The van der Waals surface area contributed by atoms with Crippen molar-refractivity contribution in [3.63, 3.8) is 0 Å². The standard InChI is InChI=1S/C21H38N2O11.C19H33NO12.C6H14N2O2.C4H9NO3/c1-23(2)7-6-22-21(29)31-10-13-11-5-3-4-8-30-19-17(28)15(26)18(12(9-24)32-19)34-20(33-13)16(27)14(11)25;21-5-4-20-19(27)29-8-11-9-3-1-2-6-28-17-15(26)13(24)16(10(7-22)30-17)32-18(31-11)14(25)12(9)23;1-8(2)5-4-7-6(9)10-3;1-8-4(7)5-2-3-6/h11-20,24-28H,3-10H2,1-2H3,(H,22,29);9-18,21-26H,1-8H2,(H,20,27);4-5H2,1-3H3,(H,7,9);6H,2-3H2,1H3,(H,5,7)/t11-,12?,13?,14+,15-,16?,17?,18-,19-,20+;9-,10?,11?,12+,13-,14?,15?,16-,17-,18+;;/m11../s1. The number of carbonyl (C=O) groups excluding carboxylic acids is 4. The van der Waals surface area contributed by atoms with Gasteiger partial charge in [-0.15, -0.1) is 0 Å². The molecule has 0 saturated carbocycles. The molecule has 12 fully saturated rings. The predicted molar refractivity (Wildman–Crippen MR) is 284 cm³/mol. The van der Waals surface area contributed by atoms with Gasteiger partial charge in [0, 0.05) is 64.3 Å². The molecule has 16 N–H and O–H groups in total. The second-order valence-electron chi connectivity index (χ2n) is 20.7. The van der Waals surface area contributed by atoms with Crippen molar-refractivity contribution in [2.45, 2.75) is 149 Å². The van der Waals surface area contributed by atoms with Crippen LogP contribution in [-0.4, -0.2) is 341 Å². The third-order valence-electron chi connectivity index (χ3n) is 13.9. The van der Waals surface area contributed by atoms with Crippen LogP contribution in [0, 0.1) is 11.8 Å². The zero-order chi connectivity index (χ0) is 62.5. The molecule has 12 saturated heterocycles. The number of methoxy groups -OCH3 is 2. The molecule has 0 aliphatic carbocycles. The molecule has 12 heterocycles. The molecular formula is C50H94N6O28. The first kappa shape index (κ1) is 74.5. The van der Waals surface area contributed by atoms with Crippen molar-refractivity contribution in [2.75, 3.05) is 135 Å². The van der Waals surface area contributed by atoms with Crippen molar-refractivity contribution in [1.82, 2.24) is 31.1 Å². The van der Waals surface area contributed by atoms with Gasteiger partial charge in [0.05, 0.1) is 52.9 Å². The summed E-state index contributed by atoms with van der Waals surface area (Å²) in [7, 11) is 10.3. The third-order valence-corrected chi connectivity index (χ3v) is 13.9. The molecule has 4 amide bonds. The number of hydrogen-bond donors (Lipinski definition) is 16. The lowest BCUT2D eigenvalue weighted by atomic mass is 9.85. The predicted octanol–water partition coefficient (Wildman–Crippen LogP) is -6.61. The Balaban J connectivity index is 0.000000341. The fraction of sp³-hybridized carbons (Fsp3) is 0.920. The molecule has 12 aliphatic heterocycles. The number of rotatable bonds is 16. The monoisotopic (exact) mass is 1230 g/mol. The van der Waals surface area contributed by atoms with Crippen LogP contribution in [0.2, 0.25) is 0 Å². The maximum atomic E-state index is 12.1. The van der Waals surface area contributed by atoms with Crippen LogP contribution in [0.25, 0.3) is 0 Å². The van der Waals surface area contributed by atoms with E-state index in [1.165, 1.54) is 14.2 Å². The number of ether oxygens (including phenoxy) is 12. The van der Waals surface area contributed by atoms with Crippen molar-refractivity contribution < 1.29 is 137 Å². The van der Waals surface area contributed by atoms with E-state index < -0.39 is 154 Å². The Morgan fingerprint density at radius 2 is 0.762 bits per heavy atom. The summed E-state index contributed by atoms with van der Waals surface area (Å²) in [6, 6.07) is 0. The molecule has 0 aromatic heterocycles. The van der Waals surface area contributed by atoms with Crippen molar-refractivity contribution in [2.24, 2.45) is 11.8 Å². The quantitative estimate of drug-likeness (QED) is 0.0639. The number of amides is 4. The summed E-state index contributed by atoms with van der Waals surface area (Å²) in [6.07, 6.45) is -22.4. The van der Waals surface area contributed by atoms with Gasteiger partial charge in [-0.05, 0) is 53.9 Å². The van der Waals surface area contributed by atoms with Gasteiger partial charge in [0.25, 0.3) is 0 Å². The van der Waals surface area contributed by atoms with Crippen LogP contribution in [0.5, 0.6) is 0 Å². The van der Waals surface area contributed by atoms with E-state index >= 15 is 0 Å². The van der Waals surface area contributed by atoms with Gasteiger partial charge in [0.2, 0.25) is 0 Å². The molecule has 8 bridgehead atoms. The molecule has 34 heteroatoms. The van der Waals surface area contributed by atoms with Crippen molar-refractivity contribution in [1.29, 1.82) is 0 Å². The fourth-order valence-corrected chi connectivity index (χ4v) is 9.27. The normalized spacial score (nSPS) is 35.0. The lowest BCUT2D eigenvalue weighted by Crippen LogP contribution is -2.64. The van der Waals surface area contributed by atoms with E-state index in [4.69, 9.17) is 57.6 Å². The van der Waals surface area contributed by atoms with Crippen LogP contribution in [0.3, 0.4) is 0 Å². The topological polar surface area (TPSA) is 476 Å². The maximum Gasteiger partial charge on any atom is 0.407 e. The summed E-state index contributed by atoms with van der Waals surface area (Å²) in [5.41, 5.74) is 0. The molecule has 0 aromatic carbocycles. The summed E-state index contributed by atoms with van der Waals surface area (Å²) >= 11 is 0. The summed E-state index contributed by atoms with van der Waals surface area (Å²) in [5, 5.41) is 131. The zero-order valence-corrected chi connectivity index (χ0v) is 48.5. The van der Waals surface area contributed by atoms with E-state index in [0.29, 0.717) is 58.2 Å². The average Bonchev–Trinajstić information content (AvgIpc) is 3.16. The van der Waals surface area contributed by atoms with E-state index in [0.717, 1.165) is 6.54 Å². The number of aliphatic hydroxyl groups is 12. The van der Waals surface area contributed by atoms with Crippen molar-refractivity contribution in [3.05, 3.63) is 0 Å². The minimum absolute atomic E-state index is 0.00625. The number of aliphatic hydroxyl groups excluding tert-OH is 12. The molecule has 84 heavy (non-hydrogen) atoms. The highest BCUT2D eigenvalue weighted by atomic mass is 16.8. The summed E-state index contributed by atoms with van der Waals surface area (Å²) < 4.78 is 64.2. The molecule has 20 atom stereocenters. The number of hydrogen-bond acceptors (Lipinski definition) is 30. The molecule has 0 aromatic rings. The van der Waals surface area contributed by atoms with E-state index in [1.807, 2.05) is 38.0 Å². The zero-order valence-electron chi connectivity index (χ0n) is 48.5. The first-order valence-corrected chi connectivity index (χ1v) is 27.9. The molecular weight excluding hydrogens is 1130 g/mol. The second kappa shape index (κ2) is 39.9. The number of nitrogens with zero attached hydrogens (tertiary/aromatic N) is 2. The third kappa shape index (κ3) is 24.4. The Morgan fingerprint density at radius 1 is 0.429 bits per heavy atom. The number of nitrogens with one attached hydrogen (secondary N) is 4. The molecule has 34 nitrogen and oxygen atoms in total. The van der Waals surface area contributed by atoms with Crippen LogP contribution in [0.1, 0.15) is 38.5 Å². The summed E-state index contributed by atoms with van der Waals surface area (Å²) in [6.45, 7) is 1.19. The van der Waals surface area contributed by atoms with Gasteiger partial charge >= 0.3 is 24.4 Å². The van der Waals surface area contributed by atoms with Crippen LogP contribution in [-0.2, 0) is 56.8 Å². The Bertz CT molecular complexity index is 1840. The van der Waals surface area contributed by atoms with E-state index in [1.54, 1.807) is 0 Å². The highest BCUT2D eigenvalue weighted by molar-refractivity contribution is 5.68. The number of likely N-dealkylation sites (N-methyl/N-ethyl adjacent to an activating group) is 2. The highest BCUT2D eigenvalue weighted by Gasteiger charge is 2.53. The molecule has 0 radical (unpaired) electrons. The first-order chi connectivity index (χ1) is 40.1. The highest BCUT2D eigenvalue weighted by Crippen LogP contribution is 2.37. The molecule has 0 spiro atoms. The van der Waals surface area contributed by atoms with Crippen LogP contribution >= 0.6 is 0 Å². The van der Waals surface area contributed by atoms with Gasteiger partial charge in [0.1, 0.15) is 86.5 Å². The molecule has 492 valence electrons. The number of alkyl carbamates (subject to hydrolysis) is 4. The molecule has 8 unspecified atom stereocenters. The Morgan fingerprint density at radius 3 is 1.11 bits per heavy atom. The van der Waals surface area contributed by atoms with E-state index in [9.17, 15) is 70.2 Å². The van der Waals surface area contributed by atoms with Gasteiger partial charge in [-0.1, -0.05) is 12.8 Å². The van der Waals surface area contributed by atoms with Gasteiger partial charge in [0.15, 0.2) is 25.2 Å². The van der Waals surface area contributed by atoms with Crippen molar-refractivity contribution in [3.8, 4) is 0 Å². The van der Waals surface area contributed by atoms with Crippen molar-refractivity contribution >= 4 is 24.4 Å². The largest absolute Gasteiger partial charge is 0.453 e. The maximum absolute atomic E-state index is 12.1. The number of carbonyl (C=O) groups is 4. The van der Waals surface area contributed by atoms with Crippen LogP contribution < -0.4 is 21.3 Å². The second-order valence-corrected chi connectivity index (χ2v) is 20.7. The van der Waals surface area contributed by atoms with Crippen LogP contribution in [0.15, 0.2) is 0 Å². The lowest BCUT2D eigenvalue weighted by Gasteiger charge is -2.47. The molecule has 12 aliphatic rings. The lowest BCUT2D eigenvalue weighted by molar-refractivity contribution is -0.357. The van der Waals surface area contributed by atoms with E-state index in [-0.39, 0.29) is 58.8 Å². The van der Waals surface area contributed by atoms with Gasteiger partial charge < -0.3 is 149 Å². The first-order valence-electron chi connectivity index (χ1n) is 27.9. The fourth-order valence-electron chi connectivity index (χ4n) is 9.27. The Kier molecular flexibility index (Phi) is 35.3. The van der Waals surface area contributed by atoms with Gasteiger partial charge in [-0.25, -0.2) is 19.2 Å². The van der Waals surface area contributed by atoms with Gasteiger partial charge in [-0.2, -0.15) is 0 Å². The summed E-state index contributed by atoms with van der Waals surface area (Å²) in [4.78, 5) is 48.3. The SMILES string of the molecule is CN(C)CCNC(=O)OCC1O[C@H]2O[C@@H]3C(CO)O[C@@H](OCCCC[C@H]1[C@H](O)C2O)C(O)[C@H]3O.COC(=O)NCCN(C)C.COC(=O)NCCO.O=C(NCCO)OCC1O[C@H]2O[C@@H]3C(CO)O[C@@H](OCCCC[C@H]1[C@H](O)C2O)C(O)[C@H]3O. The minimum atomic E-state index is -1.53. The average molecular weight is 1230 g/mol. The van der Waals surface area contributed by atoms with Gasteiger partial charge in [-0.3, -0.25) is 0 Å². The van der Waals surface area contributed by atoms with E-state index in [2.05, 4.69) is 30.7 Å². The Hall–Kier alpha value is -3.80. The minimum Gasteiger partial charge on any atom is -0.453 e. The Labute approximate surface area is 487 Å². The smallest absolute Gasteiger partial charge is 0.407 e.